The molecule has 1 atom stereocenters. The minimum Gasteiger partial charge on any atom is -0.395 e. The average molecular weight is 291 g/mol. The van der Waals surface area contributed by atoms with Gasteiger partial charge < -0.3 is 10.0 Å². The molecule has 0 aliphatic carbocycles. The molecule has 0 aromatic carbocycles. The van der Waals surface area contributed by atoms with Crippen molar-refractivity contribution in [2.45, 2.75) is 33.1 Å². The first-order chi connectivity index (χ1) is 9.65. The van der Waals surface area contributed by atoms with E-state index < -0.39 is 0 Å². The molecule has 1 unspecified atom stereocenters. The first-order valence-electron chi connectivity index (χ1n) is 7.15. The highest BCUT2D eigenvalue weighted by atomic mass is 32.1. The fourth-order valence-corrected chi connectivity index (χ4v) is 3.43. The van der Waals surface area contributed by atoms with Crippen LogP contribution in [0.25, 0.3) is 0 Å². The number of amides is 1. The molecule has 1 aliphatic rings. The molecule has 1 aliphatic heterocycles. The van der Waals surface area contributed by atoms with Crippen LogP contribution < -0.4 is 0 Å². The SMILES string of the molecule is CCC1CCN(C(=O)c2cc(C)c(C#CCCO)s2)C1. The molecule has 1 aromatic rings. The maximum atomic E-state index is 12.5. The van der Waals surface area contributed by atoms with E-state index in [0.29, 0.717) is 12.3 Å². The van der Waals surface area contributed by atoms with E-state index in [9.17, 15) is 4.79 Å². The van der Waals surface area contributed by atoms with Gasteiger partial charge in [-0.15, -0.1) is 11.3 Å². The van der Waals surface area contributed by atoms with Gasteiger partial charge in [-0.05, 0) is 30.9 Å². The minimum absolute atomic E-state index is 0.0788. The van der Waals surface area contributed by atoms with Gasteiger partial charge in [0.25, 0.3) is 5.91 Å². The van der Waals surface area contributed by atoms with Gasteiger partial charge in [-0.25, -0.2) is 0 Å². The van der Waals surface area contributed by atoms with Crippen LogP contribution in [-0.4, -0.2) is 35.6 Å². The maximum absolute atomic E-state index is 12.5. The van der Waals surface area contributed by atoms with Gasteiger partial charge in [0.15, 0.2) is 0 Å². The lowest BCUT2D eigenvalue weighted by Crippen LogP contribution is -2.27. The average Bonchev–Trinajstić information content (AvgIpc) is 3.05. The smallest absolute Gasteiger partial charge is 0.263 e. The monoisotopic (exact) mass is 291 g/mol. The molecule has 1 amide bonds. The molecule has 1 aromatic heterocycles. The second-order valence-electron chi connectivity index (χ2n) is 5.21. The summed E-state index contributed by atoms with van der Waals surface area (Å²) < 4.78 is 0. The van der Waals surface area contributed by atoms with E-state index in [1.807, 2.05) is 17.9 Å². The Bertz CT molecular complexity index is 538. The van der Waals surface area contributed by atoms with E-state index >= 15 is 0 Å². The topological polar surface area (TPSA) is 40.5 Å². The van der Waals surface area contributed by atoms with E-state index in [1.165, 1.54) is 11.3 Å². The summed E-state index contributed by atoms with van der Waals surface area (Å²) in [5.74, 6) is 6.75. The van der Waals surface area contributed by atoms with Crippen molar-refractivity contribution >= 4 is 17.2 Å². The molecule has 0 saturated carbocycles. The summed E-state index contributed by atoms with van der Waals surface area (Å²) in [4.78, 5) is 16.1. The van der Waals surface area contributed by atoms with Gasteiger partial charge in [-0.2, -0.15) is 0 Å². The first-order valence-corrected chi connectivity index (χ1v) is 7.96. The quantitative estimate of drug-likeness (QED) is 0.870. The van der Waals surface area contributed by atoms with Gasteiger partial charge in [0.1, 0.15) is 0 Å². The van der Waals surface area contributed by atoms with Crippen molar-refractivity contribution in [3.63, 3.8) is 0 Å². The molecular weight excluding hydrogens is 270 g/mol. The zero-order valence-electron chi connectivity index (χ0n) is 12.1. The Morgan fingerprint density at radius 2 is 2.40 bits per heavy atom. The van der Waals surface area contributed by atoms with Crippen LogP contribution in [0.4, 0.5) is 0 Å². The molecule has 108 valence electrons. The Morgan fingerprint density at radius 3 is 3.05 bits per heavy atom. The van der Waals surface area contributed by atoms with Crippen molar-refractivity contribution in [2.24, 2.45) is 5.92 Å². The Hall–Kier alpha value is -1.31. The zero-order chi connectivity index (χ0) is 14.5. The Kier molecular flexibility index (Phi) is 5.22. The van der Waals surface area contributed by atoms with Crippen LogP contribution in [0.5, 0.6) is 0 Å². The third kappa shape index (κ3) is 3.41. The largest absolute Gasteiger partial charge is 0.395 e. The number of aliphatic hydroxyl groups is 1. The van der Waals surface area contributed by atoms with E-state index in [0.717, 1.165) is 41.2 Å². The Labute approximate surface area is 124 Å². The molecule has 1 fully saturated rings. The number of likely N-dealkylation sites (tertiary alicyclic amines) is 1. The summed E-state index contributed by atoms with van der Waals surface area (Å²) in [6.07, 6.45) is 2.74. The number of hydrogen-bond donors (Lipinski definition) is 1. The lowest BCUT2D eigenvalue weighted by molar-refractivity contribution is 0.0791. The van der Waals surface area contributed by atoms with Crippen LogP contribution in [-0.2, 0) is 0 Å². The third-order valence-corrected chi connectivity index (χ3v) is 4.86. The summed E-state index contributed by atoms with van der Waals surface area (Å²) in [5, 5.41) is 8.74. The number of aliphatic hydroxyl groups excluding tert-OH is 1. The molecule has 3 nitrogen and oxygen atoms in total. The van der Waals surface area contributed by atoms with Crippen LogP contribution in [0, 0.1) is 24.7 Å². The van der Waals surface area contributed by atoms with Crippen LogP contribution in [0.1, 0.15) is 46.3 Å². The summed E-state index contributed by atoms with van der Waals surface area (Å²) in [7, 11) is 0. The number of carbonyl (C=O) groups is 1. The fourth-order valence-electron chi connectivity index (χ4n) is 2.42. The normalized spacial score (nSPS) is 17.9. The van der Waals surface area contributed by atoms with Gasteiger partial charge in [0.2, 0.25) is 0 Å². The van der Waals surface area contributed by atoms with Crippen molar-refractivity contribution in [1.29, 1.82) is 0 Å². The number of carbonyl (C=O) groups excluding carboxylic acids is 1. The van der Waals surface area contributed by atoms with E-state index in [2.05, 4.69) is 18.8 Å². The molecular formula is C16H21NO2S. The lowest BCUT2D eigenvalue weighted by Gasteiger charge is -2.14. The lowest BCUT2D eigenvalue weighted by atomic mass is 10.1. The second-order valence-corrected chi connectivity index (χ2v) is 6.26. The maximum Gasteiger partial charge on any atom is 0.263 e. The number of nitrogens with zero attached hydrogens (tertiary/aromatic N) is 1. The number of hydrogen-bond acceptors (Lipinski definition) is 3. The van der Waals surface area contributed by atoms with Crippen LogP contribution in [0.2, 0.25) is 0 Å². The van der Waals surface area contributed by atoms with Crippen molar-refractivity contribution < 1.29 is 9.90 Å². The number of aryl methyl sites for hydroxylation is 1. The highest BCUT2D eigenvalue weighted by molar-refractivity contribution is 7.14. The fraction of sp³-hybridized carbons (Fsp3) is 0.562. The van der Waals surface area contributed by atoms with Gasteiger partial charge in [0.05, 0.1) is 16.4 Å². The van der Waals surface area contributed by atoms with E-state index in [1.54, 1.807) is 0 Å². The summed E-state index contributed by atoms with van der Waals surface area (Å²) >= 11 is 1.47. The van der Waals surface area contributed by atoms with Crippen LogP contribution in [0.15, 0.2) is 6.07 Å². The van der Waals surface area contributed by atoms with Crippen LogP contribution in [0.3, 0.4) is 0 Å². The van der Waals surface area contributed by atoms with Gasteiger partial charge in [0, 0.05) is 19.5 Å². The highest BCUT2D eigenvalue weighted by Crippen LogP contribution is 2.26. The highest BCUT2D eigenvalue weighted by Gasteiger charge is 2.26. The van der Waals surface area contributed by atoms with Crippen molar-refractivity contribution in [1.82, 2.24) is 4.90 Å². The molecule has 20 heavy (non-hydrogen) atoms. The Morgan fingerprint density at radius 1 is 1.60 bits per heavy atom. The molecule has 1 N–H and O–H groups in total. The van der Waals surface area contributed by atoms with Gasteiger partial charge >= 0.3 is 0 Å². The predicted octanol–water partition coefficient (Wildman–Crippen LogP) is 2.66. The standard InChI is InChI=1S/C16H21NO2S/c1-3-13-7-8-17(11-13)16(19)15-10-12(2)14(20-15)6-4-5-9-18/h10,13,18H,3,5,7-9,11H2,1-2H3. The van der Waals surface area contributed by atoms with Crippen LogP contribution >= 0.6 is 11.3 Å². The second kappa shape index (κ2) is 6.92. The molecule has 2 rings (SSSR count). The summed E-state index contributed by atoms with van der Waals surface area (Å²) in [6, 6.07) is 1.94. The molecule has 4 heteroatoms. The van der Waals surface area contributed by atoms with E-state index in [-0.39, 0.29) is 12.5 Å². The van der Waals surface area contributed by atoms with Crippen molar-refractivity contribution in [3.8, 4) is 11.8 Å². The molecule has 2 heterocycles. The molecule has 0 bridgehead atoms. The number of thiophene rings is 1. The zero-order valence-corrected chi connectivity index (χ0v) is 12.9. The van der Waals surface area contributed by atoms with Gasteiger partial charge in [-0.3, -0.25) is 4.79 Å². The van der Waals surface area contributed by atoms with E-state index in [4.69, 9.17) is 5.11 Å². The first kappa shape index (κ1) is 15.1. The van der Waals surface area contributed by atoms with Crippen molar-refractivity contribution in [3.05, 3.63) is 21.4 Å². The molecule has 1 saturated heterocycles. The summed E-state index contributed by atoms with van der Waals surface area (Å²) in [5.41, 5.74) is 1.05. The summed E-state index contributed by atoms with van der Waals surface area (Å²) in [6.45, 7) is 6.00. The minimum atomic E-state index is 0.0788. The number of rotatable bonds is 3. The van der Waals surface area contributed by atoms with Crippen molar-refractivity contribution in [2.75, 3.05) is 19.7 Å². The molecule has 0 radical (unpaired) electrons. The Balaban J connectivity index is 2.08. The predicted molar refractivity (Wildman–Crippen MR) is 81.9 cm³/mol. The third-order valence-electron chi connectivity index (χ3n) is 3.72. The molecule has 0 spiro atoms. The van der Waals surface area contributed by atoms with Gasteiger partial charge in [-0.1, -0.05) is 25.2 Å².